The quantitative estimate of drug-likeness (QED) is 0.700. The van der Waals surface area contributed by atoms with Gasteiger partial charge in [-0.05, 0) is 43.1 Å². The minimum absolute atomic E-state index is 0.157. The van der Waals surface area contributed by atoms with Crippen LogP contribution in [-0.4, -0.2) is 36.7 Å². The number of benzene rings is 1. The van der Waals surface area contributed by atoms with Gasteiger partial charge in [-0.2, -0.15) is 0 Å². The number of nitrogens with zero attached hydrogens (tertiary/aromatic N) is 1. The molecule has 0 fully saturated rings. The number of hydrogen-bond donors (Lipinski definition) is 3. The fourth-order valence-corrected chi connectivity index (χ4v) is 2.14. The Morgan fingerprint density at radius 2 is 2.21 bits per heavy atom. The molecule has 19 heavy (non-hydrogen) atoms. The second kappa shape index (κ2) is 5.71. The fraction of sp³-hybridized carbons (Fsp3) is 0.385. The topological polar surface area (TPSA) is 95.7 Å². The van der Waals surface area contributed by atoms with E-state index in [2.05, 4.69) is 5.32 Å². The number of fused-ring (bicyclic) bond motifs is 1. The number of rotatable bonds is 4. The van der Waals surface area contributed by atoms with E-state index in [4.69, 9.17) is 10.8 Å². The van der Waals surface area contributed by atoms with Crippen molar-refractivity contribution >= 4 is 17.7 Å². The van der Waals surface area contributed by atoms with E-state index < -0.39 is 5.97 Å². The molecule has 0 bridgehead atoms. The standard InChI is InChI=1S/C13H17N3O3/c14-5-1-6-15-13(19)16-7-4-9-8-10(12(17)18)2-3-11(9)16/h2-3,8H,1,4-7,14H2,(H,15,19)(H,17,18). The lowest BCUT2D eigenvalue weighted by Gasteiger charge is -2.18. The summed E-state index contributed by atoms with van der Waals surface area (Å²) in [7, 11) is 0. The van der Waals surface area contributed by atoms with Crippen LogP contribution in [0.15, 0.2) is 18.2 Å². The maximum absolute atomic E-state index is 12.0. The van der Waals surface area contributed by atoms with Crippen molar-refractivity contribution < 1.29 is 14.7 Å². The van der Waals surface area contributed by atoms with Crippen LogP contribution >= 0.6 is 0 Å². The number of carbonyl (C=O) groups excluding carboxylic acids is 1. The second-order valence-corrected chi connectivity index (χ2v) is 4.42. The summed E-state index contributed by atoms with van der Waals surface area (Å²) in [6.45, 7) is 1.67. The van der Waals surface area contributed by atoms with Crippen LogP contribution in [0.25, 0.3) is 0 Å². The Hall–Kier alpha value is -2.08. The third-order valence-corrected chi connectivity index (χ3v) is 3.12. The minimum atomic E-state index is -0.950. The van der Waals surface area contributed by atoms with E-state index in [1.54, 1.807) is 17.0 Å². The first-order valence-corrected chi connectivity index (χ1v) is 6.25. The van der Waals surface area contributed by atoms with Gasteiger partial charge in [0.2, 0.25) is 0 Å². The largest absolute Gasteiger partial charge is 0.478 e. The number of carbonyl (C=O) groups is 2. The van der Waals surface area contributed by atoms with Gasteiger partial charge >= 0.3 is 12.0 Å². The number of anilines is 1. The average Bonchev–Trinajstić information content (AvgIpc) is 2.81. The molecule has 0 unspecified atom stereocenters. The molecule has 1 aromatic rings. The fourth-order valence-electron chi connectivity index (χ4n) is 2.14. The zero-order chi connectivity index (χ0) is 13.8. The van der Waals surface area contributed by atoms with E-state index in [1.807, 2.05) is 0 Å². The molecule has 2 rings (SSSR count). The van der Waals surface area contributed by atoms with Crippen LogP contribution in [0, 0.1) is 0 Å². The minimum Gasteiger partial charge on any atom is -0.478 e. The van der Waals surface area contributed by atoms with Crippen molar-refractivity contribution in [3.63, 3.8) is 0 Å². The number of urea groups is 1. The summed E-state index contributed by atoms with van der Waals surface area (Å²) in [6, 6.07) is 4.68. The van der Waals surface area contributed by atoms with Gasteiger partial charge < -0.3 is 16.2 Å². The molecule has 1 aliphatic heterocycles. The van der Waals surface area contributed by atoms with Crippen molar-refractivity contribution in [1.82, 2.24) is 5.32 Å². The van der Waals surface area contributed by atoms with Crippen molar-refractivity contribution in [2.45, 2.75) is 12.8 Å². The van der Waals surface area contributed by atoms with Crippen molar-refractivity contribution in [2.75, 3.05) is 24.5 Å². The Labute approximate surface area is 111 Å². The predicted octanol–water partition coefficient (Wildman–Crippen LogP) is 0.806. The first kappa shape index (κ1) is 13.4. The maximum Gasteiger partial charge on any atom is 0.335 e. The molecule has 4 N–H and O–H groups in total. The molecule has 1 heterocycles. The van der Waals surface area contributed by atoms with Crippen molar-refractivity contribution in [3.8, 4) is 0 Å². The van der Waals surface area contributed by atoms with Crippen LogP contribution < -0.4 is 16.0 Å². The van der Waals surface area contributed by atoms with Gasteiger partial charge in [0.05, 0.1) is 5.56 Å². The summed E-state index contributed by atoms with van der Waals surface area (Å²) in [5, 5.41) is 11.7. The number of nitrogens with two attached hydrogens (primary N) is 1. The first-order valence-electron chi connectivity index (χ1n) is 6.25. The van der Waals surface area contributed by atoms with Gasteiger partial charge in [0.25, 0.3) is 0 Å². The maximum atomic E-state index is 12.0. The van der Waals surface area contributed by atoms with Crippen LogP contribution in [-0.2, 0) is 6.42 Å². The normalized spacial score (nSPS) is 13.2. The van der Waals surface area contributed by atoms with Crippen molar-refractivity contribution in [1.29, 1.82) is 0 Å². The number of carboxylic acids is 1. The Balaban J connectivity index is 2.09. The Bertz CT molecular complexity index is 502. The molecular weight excluding hydrogens is 246 g/mol. The molecule has 1 aliphatic rings. The number of amides is 2. The van der Waals surface area contributed by atoms with E-state index in [0.29, 0.717) is 26.1 Å². The average molecular weight is 263 g/mol. The lowest BCUT2D eigenvalue weighted by Crippen LogP contribution is -2.39. The molecule has 0 spiro atoms. The van der Waals surface area contributed by atoms with Crippen LogP contribution in [0.1, 0.15) is 22.3 Å². The van der Waals surface area contributed by atoms with Crippen molar-refractivity contribution in [3.05, 3.63) is 29.3 Å². The van der Waals surface area contributed by atoms with Gasteiger partial charge in [-0.1, -0.05) is 0 Å². The number of carboxylic acid groups (broad SMARTS) is 1. The highest BCUT2D eigenvalue weighted by atomic mass is 16.4. The van der Waals surface area contributed by atoms with Crippen LogP contribution in [0.5, 0.6) is 0 Å². The number of aromatic carboxylic acids is 1. The van der Waals surface area contributed by atoms with Crippen LogP contribution in [0.4, 0.5) is 10.5 Å². The van der Waals surface area contributed by atoms with Gasteiger partial charge in [-0.25, -0.2) is 9.59 Å². The van der Waals surface area contributed by atoms with Gasteiger partial charge in [0.1, 0.15) is 0 Å². The highest BCUT2D eigenvalue weighted by Gasteiger charge is 2.25. The van der Waals surface area contributed by atoms with Gasteiger partial charge in [-0.15, -0.1) is 0 Å². The molecule has 102 valence electrons. The molecule has 0 saturated carbocycles. The van der Waals surface area contributed by atoms with Gasteiger partial charge in [0.15, 0.2) is 0 Å². The Morgan fingerprint density at radius 1 is 1.42 bits per heavy atom. The van der Waals surface area contributed by atoms with E-state index in [-0.39, 0.29) is 11.6 Å². The summed E-state index contributed by atoms with van der Waals surface area (Å²) >= 11 is 0. The molecule has 0 saturated heterocycles. The highest BCUT2D eigenvalue weighted by Crippen LogP contribution is 2.28. The Morgan fingerprint density at radius 3 is 2.89 bits per heavy atom. The number of nitrogens with one attached hydrogen (secondary N) is 1. The highest BCUT2D eigenvalue weighted by molar-refractivity contribution is 5.95. The van der Waals surface area contributed by atoms with E-state index >= 15 is 0 Å². The third kappa shape index (κ3) is 2.85. The third-order valence-electron chi connectivity index (χ3n) is 3.12. The predicted molar refractivity (Wildman–Crippen MR) is 71.5 cm³/mol. The lowest BCUT2D eigenvalue weighted by molar-refractivity contribution is 0.0697. The molecule has 0 aliphatic carbocycles. The molecule has 6 heteroatoms. The van der Waals surface area contributed by atoms with E-state index in [9.17, 15) is 9.59 Å². The summed E-state index contributed by atoms with van der Waals surface area (Å²) < 4.78 is 0. The lowest BCUT2D eigenvalue weighted by atomic mass is 10.1. The smallest absolute Gasteiger partial charge is 0.335 e. The second-order valence-electron chi connectivity index (χ2n) is 4.42. The molecule has 2 amide bonds. The number of hydrogen-bond acceptors (Lipinski definition) is 3. The van der Waals surface area contributed by atoms with E-state index in [0.717, 1.165) is 17.7 Å². The monoisotopic (exact) mass is 263 g/mol. The van der Waals surface area contributed by atoms with E-state index in [1.165, 1.54) is 6.07 Å². The SMILES string of the molecule is NCCCNC(=O)N1CCc2cc(C(=O)O)ccc21. The zero-order valence-corrected chi connectivity index (χ0v) is 10.6. The first-order chi connectivity index (χ1) is 9.13. The zero-order valence-electron chi connectivity index (χ0n) is 10.6. The Kier molecular flexibility index (Phi) is 4.01. The summed E-state index contributed by atoms with van der Waals surface area (Å²) in [4.78, 5) is 24.5. The molecular formula is C13H17N3O3. The summed E-state index contributed by atoms with van der Waals surface area (Å²) in [6.07, 6.45) is 1.42. The molecule has 0 atom stereocenters. The van der Waals surface area contributed by atoms with Crippen LogP contribution in [0.3, 0.4) is 0 Å². The van der Waals surface area contributed by atoms with Gasteiger partial charge in [0, 0.05) is 18.8 Å². The van der Waals surface area contributed by atoms with Crippen molar-refractivity contribution in [2.24, 2.45) is 5.73 Å². The molecule has 0 aromatic heterocycles. The molecule has 6 nitrogen and oxygen atoms in total. The summed E-state index contributed by atoms with van der Waals surface area (Å²) in [5.74, 6) is -0.950. The molecule has 1 aromatic carbocycles. The van der Waals surface area contributed by atoms with Crippen LogP contribution in [0.2, 0.25) is 0 Å². The molecule has 0 radical (unpaired) electrons. The van der Waals surface area contributed by atoms with Gasteiger partial charge in [-0.3, -0.25) is 4.90 Å². The summed E-state index contributed by atoms with van der Waals surface area (Å²) in [5.41, 5.74) is 7.31.